The minimum absolute atomic E-state index is 0.0153. The molecule has 94 valence electrons. The predicted octanol–water partition coefficient (Wildman–Crippen LogP) is 0.103. The minimum atomic E-state index is -1.09. The van der Waals surface area contributed by atoms with Crippen molar-refractivity contribution in [3.63, 3.8) is 0 Å². The number of nitrogens with one attached hydrogen (secondary N) is 1. The lowest BCUT2D eigenvalue weighted by Gasteiger charge is -2.05. The quantitative estimate of drug-likeness (QED) is 0.702. The summed E-state index contributed by atoms with van der Waals surface area (Å²) in [5.41, 5.74) is 5.65. The lowest BCUT2D eigenvalue weighted by Crippen LogP contribution is -2.08. The van der Waals surface area contributed by atoms with Crippen molar-refractivity contribution in [2.75, 3.05) is 11.1 Å². The molecule has 18 heavy (non-hydrogen) atoms. The summed E-state index contributed by atoms with van der Waals surface area (Å²) < 4.78 is 1.58. The molecule has 8 nitrogen and oxygen atoms in total. The lowest BCUT2D eigenvalue weighted by molar-refractivity contribution is 0.0698. The Labute approximate surface area is 102 Å². The van der Waals surface area contributed by atoms with Crippen LogP contribution < -0.4 is 11.1 Å². The fraction of sp³-hybridized carbons (Fsp3) is 0.200. The molecule has 8 heteroatoms. The Hall–Kier alpha value is -2.64. The van der Waals surface area contributed by atoms with Gasteiger partial charge in [0.05, 0.1) is 24.0 Å². The number of aromatic carboxylic acids is 1. The number of aryl methyl sites for hydroxylation is 1. The molecule has 2 aromatic heterocycles. The topological polar surface area (TPSA) is 119 Å². The molecule has 0 amide bonds. The van der Waals surface area contributed by atoms with Crippen molar-refractivity contribution in [1.82, 2.24) is 19.7 Å². The number of aromatic nitrogens is 4. The third kappa shape index (κ3) is 2.54. The zero-order valence-electron chi connectivity index (χ0n) is 9.66. The molecule has 0 radical (unpaired) electrons. The summed E-state index contributed by atoms with van der Waals surface area (Å²) in [7, 11) is 1.76. The number of nitrogen functional groups attached to an aromatic ring is 1. The first-order chi connectivity index (χ1) is 8.56. The number of pyridine rings is 1. The van der Waals surface area contributed by atoms with E-state index in [0.29, 0.717) is 18.2 Å². The number of nitrogens with zero attached hydrogens (tertiary/aromatic N) is 4. The van der Waals surface area contributed by atoms with Gasteiger partial charge in [-0.1, -0.05) is 0 Å². The molecule has 0 saturated heterocycles. The van der Waals surface area contributed by atoms with Crippen molar-refractivity contribution in [3.05, 3.63) is 30.0 Å². The molecule has 0 aromatic carbocycles. The molecule has 0 atom stereocenters. The molecule has 0 bridgehead atoms. The first kappa shape index (κ1) is 11.8. The van der Waals surface area contributed by atoms with Gasteiger partial charge < -0.3 is 16.2 Å². The smallest absolute Gasteiger partial charge is 0.337 e. The molecule has 0 saturated carbocycles. The number of rotatable bonds is 4. The highest BCUT2D eigenvalue weighted by Gasteiger charge is 2.09. The Bertz CT molecular complexity index is 579. The molecule has 0 aliphatic carbocycles. The number of carboxylic acids is 1. The fourth-order valence-corrected chi connectivity index (χ4v) is 1.38. The van der Waals surface area contributed by atoms with Crippen LogP contribution in [0, 0.1) is 0 Å². The number of nitrogens with two attached hydrogens (primary N) is 1. The van der Waals surface area contributed by atoms with Gasteiger partial charge in [0, 0.05) is 7.05 Å². The average molecular weight is 248 g/mol. The molecule has 2 aromatic rings. The summed E-state index contributed by atoms with van der Waals surface area (Å²) in [6.07, 6.45) is 2.88. The van der Waals surface area contributed by atoms with E-state index in [4.69, 9.17) is 10.8 Å². The predicted molar refractivity (Wildman–Crippen MR) is 63.9 cm³/mol. The van der Waals surface area contributed by atoms with Gasteiger partial charge in [0.25, 0.3) is 0 Å². The van der Waals surface area contributed by atoms with Gasteiger partial charge in [-0.2, -0.15) is 5.10 Å². The van der Waals surface area contributed by atoms with Gasteiger partial charge in [-0.05, 0) is 6.07 Å². The van der Waals surface area contributed by atoms with E-state index in [1.165, 1.54) is 12.3 Å². The Morgan fingerprint density at radius 3 is 2.94 bits per heavy atom. The van der Waals surface area contributed by atoms with Crippen LogP contribution in [-0.2, 0) is 13.6 Å². The van der Waals surface area contributed by atoms with Crippen LogP contribution in [-0.4, -0.2) is 30.8 Å². The number of hydrogen-bond acceptors (Lipinski definition) is 6. The Morgan fingerprint density at radius 1 is 1.56 bits per heavy atom. The van der Waals surface area contributed by atoms with Gasteiger partial charge in [0.1, 0.15) is 12.1 Å². The highest BCUT2D eigenvalue weighted by atomic mass is 16.4. The first-order valence-corrected chi connectivity index (χ1v) is 5.13. The van der Waals surface area contributed by atoms with Gasteiger partial charge in [-0.25, -0.2) is 14.8 Å². The Kier molecular flexibility index (Phi) is 3.09. The second-order valence-electron chi connectivity index (χ2n) is 3.65. The summed E-state index contributed by atoms with van der Waals surface area (Å²) in [5, 5.41) is 15.9. The number of anilines is 2. The van der Waals surface area contributed by atoms with E-state index in [2.05, 4.69) is 20.4 Å². The molecule has 0 unspecified atom stereocenters. The van der Waals surface area contributed by atoms with E-state index in [0.717, 1.165) is 0 Å². The number of carboxylic acid groups (broad SMARTS) is 1. The van der Waals surface area contributed by atoms with E-state index in [-0.39, 0.29) is 11.3 Å². The zero-order valence-corrected chi connectivity index (χ0v) is 9.66. The molecule has 0 spiro atoms. The summed E-state index contributed by atoms with van der Waals surface area (Å²) in [5.74, 6) is -0.0871. The van der Waals surface area contributed by atoms with Gasteiger partial charge in [0.15, 0.2) is 5.82 Å². The zero-order chi connectivity index (χ0) is 13.1. The molecule has 2 rings (SSSR count). The van der Waals surface area contributed by atoms with Crippen molar-refractivity contribution < 1.29 is 9.90 Å². The molecule has 0 aliphatic heterocycles. The molecule has 2 heterocycles. The van der Waals surface area contributed by atoms with Gasteiger partial charge in [0.2, 0.25) is 0 Å². The Morgan fingerprint density at radius 2 is 2.33 bits per heavy atom. The molecule has 0 aliphatic rings. The maximum absolute atomic E-state index is 10.9. The highest BCUT2D eigenvalue weighted by Crippen LogP contribution is 2.14. The SMILES string of the molecule is Cn1cnc(CNc2cc(C(=O)O)c(N)cn2)n1. The van der Waals surface area contributed by atoms with Crippen LogP contribution in [0.3, 0.4) is 0 Å². The van der Waals surface area contributed by atoms with Crippen molar-refractivity contribution in [3.8, 4) is 0 Å². The fourth-order valence-electron chi connectivity index (χ4n) is 1.38. The first-order valence-electron chi connectivity index (χ1n) is 5.13. The van der Waals surface area contributed by atoms with E-state index in [1.54, 1.807) is 18.1 Å². The maximum Gasteiger partial charge on any atom is 0.337 e. The van der Waals surface area contributed by atoms with Crippen molar-refractivity contribution in [2.45, 2.75) is 6.54 Å². The monoisotopic (exact) mass is 248 g/mol. The summed E-state index contributed by atoms with van der Waals surface area (Å²) >= 11 is 0. The standard InChI is InChI=1S/C10H12N6O2/c1-16-5-14-9(15-16)4-13-8-2-6(10(17)18)7(11)3-12-8/h2-3,5H,4,11H2,1H3,(H,12,13)(H,17,18). The maximum atomic E-state index is 10.9. The summed E-state index contributed by atoms with van der Waals surface area (Å²) in [6, 6.07) is 1.38. The van der Waals surface area contributed by atoms with E-state index >= 15 is 0 Å². The second-order valence-corrected chi connectivity index (χ2v) is 3.65. The van der Waals surface area contributed by atoms with Crippen LogP contribution >= 0.6 is 0 Å². The average Bonchev–Trinajstić information content (AvgIpc) is 2.74. The van der Waals surface area contributed by atoms with Gasteiger partial charge in [-0.3, -0.25) is 4.68 Å². The third-order valence-electron chi connectivity index (χ3n) is 2.24. The normalized spacial score (nSPS) is 10.3. The molecular formula is C10H12N6O2. The molecular weight excluding hydrogens is 236 g/mol. The number of hydrogen-bond donors (Lipinski definition) is 3. The largest absolute Gasteiger partial charge is 0.478 e. The van der Waals surface area contributed by atoms with E-state index in [9.17, 15) is 4.79 Å². The summed E-state index contributed by atoms with van der Waals surface area (Å²) in [6.45, 7) is 0.358. The van der Waals surface area contributed by atoms with Crippen LogP contribution in [0.5, 0.6) is 0 Å². The van der Waals surface area contributed by atoms with Crippen LogP contribution in [0.15, 0.2) is 18.6 Å². The summed E-state index contributed by atoms with van der Waals surface area (Å²) in [4.78, 5) is 18.9. The van der Waals surface area contributed by atoms with Crippen LogP contribution in [0.4, 0.5) is 11.5 Å². The second kappa shape index (κ2) is 4.70. The van der Waals surface area contributed by atoms with Crippen LogP contribution in [0.2, 0.25) is 0 Å². The Balaban J connectivity index is 2.10. The number of carbonyl (C=O) groups is 1. The molecule has 0 fully saturated rings. The van der Waals surface area contributed by atoms with Gasteiger partial charge in [-0.15, -0.1) is 0 Å². The molecule has 4 N–H and O–H groups in total. The third-order valence-corrected chi connectivity index (χ3v) is 2.24. The van der Waals surface area contributed by atoms with Crippen LogP contribution in [0.25, 0.3) is 0 Å². The van der Waals surface area contributed by atoms with Gasteiger partial charge >= 0.3 is 5.97 Å². The van der Waals surface area contributed by atoms with Crippen molar-refractivity contribution >= 4 is 17.5 Å². The minimum Gasteiger partial charge on any atom is -0.478 e. The van der Waals surface area contributed by atoms with Crippen molar-refractivity contribution in [1.29, 1.82) is 0 Å². The highest BCUT2D eigenvalue weighted by molar-refractivity contribution is 5.94. The lowest BCUT2D eigenvalue weighted by atomic mass is 10.2. The van der Waals surface area contributed by atoms with Crippen LogP contribution in [0.1, 0.15) is 16.2 Å². The van der Waals surface area contributed by atoms with E-state index < -0.39 is 5.97 Å². The van der Waals surface area contributed by atoms with E-state index in [1.807, 2.05) is 0 Å². The van der Waals surface area contributed by atoms with Crippen molar-refractivity contribution in [2.24, 2.45) is 7.05 Å².